The number of carbonyl (C=O) groups is 2. The van der Waals surface area contributed by atoms with Gasteiger partial charge >= 0.3 is 0 Å². The lowest BCUT2D eigenvalue weighted by Crippen LogP contribution is -2.52. The van der Waals surface area contributed by atoms with Crippen LogP contribution in [0.25, 0.3) is 0 Å². The van der Waals surface area contributed by atoms with E-state index in [1.54, 1.807) is 7.11 Å². The van der Waals surface area contributed by atoms with Gasteiger partial charge in [0.05, 0.1) is 44.1 Å². The van der Waals surface area contributed by atoms with Crippen LogP contribution in [0.3, 0.4) is 0 Å². The highest BCUT2D eigenvalue weighted by Gasteiger charge is 2.35. The van der Waals surface area contributed by atoms with Crippen molar-refractivity contribution in [2.45, 2.75) is 83.9 Å². The molecule has 9 heteroatoms. The van der Waals surface area contributed by atoms with E-state index in [1.165, 1.54) is 11.1 Å². The van der Waals surface area contributed by atoms with E-state index in [2.05, 4.69) is 67.1 Å². The number of hydrogen-bond acceptors (Lipinski definition) is 7. The average Bonchev–Trinajstić information content (AvgIpc) is 3.10. The monoisotopic (exact) mass is 665 g/mol. The number of piperazine rings is 1. The first kappa shape index (κ1) is 34.5. The number of aryl methyl sites for hydroxylation is 1. The summed E-state index contributed by atoms with van der Waals surface area (Å²) in [5, 5.41) is 0. The molecule has 2 amide bonds. The molecule has 260 valence electrons. The maximum atomic E-state index is 14.0. The molecule has 2 fully saturated rings. The third kappa shape index (κ3) is 7.77. The summed E-state index contributed by atoms with van der Waals surface area (Å²) in [5.74, 6) is 2.44. The normalized spacial score (nSPS) is 20.6. The van der Waals surface area contributed by atoms with Crippen LogP contribution in [0.4, 0.5) is 11.5 Å². The summed E-state index contributed by atoms with van der Waals surface area (Å²) >= 11 is 0. The summed E-state index contributed by atoms with van der Waals surface area (Å²) < 4.78 is 12.0. The van der Waals surface area contributed by atoms with Crippen molar-refractivity contribution in [2.24, 2.45) is 0 Å². The summed E-state index contributed by atoms with van der Waals surface area (Å²) in [5.41, 5.74) is 6.58. The van der Waals surface area contributed by atoms with Gasteiger partial charge in [-0.3, -0.25) is 14.5 Å². The Morgan fingerprint density at radius 2 is 1.78 bits per heavy atom. The highest BCUT2D eigenvalue weighted by atomic mass is 16.5. The van der Waals surface area contributed by atoms with Gasteiger partial charge in [-0.25, -0.2) is 4.98 Å². The first-order valence-electron chi connectivity index (χ1n) is 17.7. The average molecular weight is 666 g/mol. The highest BCUT2D eigenvalue weighted by molar-refractivity contribution is 5.97. The molecule has 1 aromatic heterocycles. The van der Waals surface area contributed by atoms with E-state index < -0.39 is 0 Å². The molecule has 0 N–H and O–H groups in total. The van der Waals surface area contributed by atoms with Crippen molar-refractivity contribution in [3.63, 3.8) is 0 Å². The van der Waals surface area contributed by atoms with E-state index in [4.69, 9.17) is 14.5 Å². The summed E-state index contributed by atoms with van der Waals surface area (Å²) in [6.07, 6.45) is 10.1. The lowest BCUT2D eigenvalue weighted by molar-refractivity contribution is -0.135. The number of carbonyl (C=O) groups excluding carboxylic acids is 2. The third-order valence-electron chi connectivity index (χ3n) is 10.5. The van der Waals surface area contributed by atoms with Crippen molar-refractivity contribution >= 4 is 23.3 Å². The number of rotatable bonds is 10. The molecule has 1 saturated carbocycles. The molecule has 6 rings (SSSR count). The van der Waals surface area contributed by atoms with Crippen LogP contribution >= 0.6 is 0 Å². The summed E-state index contributed by atoms with van der Waals surface area (Å²) in [4.78, 5) is 39.2. The molecule has 3 heterocycles. The predicted octanol–water partition coefficient (Wildman–Crippen LogP) is 6.49. The number of methoxy groups -OCH3 is 1. The molecule has 0 unspecified atom stereocenters. The number of allylic oxidation sites excluding steroid dienone is 1. The topological polar surface area (TPSA) is 78.5 Å². The van der Waals surface area contributed by atoms with Gasteiger partial charge in [-0.05, 0) is 93.3 Å². The molecular weight excluding hydrogens is 614 g/mol. The largest absolute Gasteiger partial charge is 0.493 e. The smallest absolute Gasteiger partial charge is 0.236 e. The lowest BCUT2D eigenvalue weighted by atomic mass is 9.87. The van der Waals surface area contributed by atoms with Crippen LogP contribution < -0.4 is 19.3 Å². The Balaban J connectivity index is 1.22. The van der Waals surface area contributed by atoms with Gasteiger partial charge in [-0.1, -0.05) is 42.3 Å². The maximum absolute atomic E-state index is 14.0. The Labute approximate surface area is 291 Å². The van der Waals surface area contributed by atoms with Crippen molar-refractivity contribution < 1.29 is 19.1 Å². The number of fused-ring (bicyclic) bond motifs is 1. The Morgan fingerprint density at radius 1 is 1.02 bits per heavy atom. The zero-order valence-electron chi connectivity index (χ0n) is 29.9. The van der Waals surface area contributed by atoms with Gasteiger partial charge in [0, 0.05) is 39.4 Å². The van der Waals surface area contributed by atoms with Crippen molar-refractivity contribution in [3.8, 4) is 11.5 Å². The minimum Gasteiger partial charge on any atom is -0.493 e. The second-order valence-corrected chi connectivity index (χ2v) is 14.0. The van der Waals surface area contributed by atoms with Crippen molar-refractivity contribution in [1.29, 1.82) is 0 Å². The highest BCUT2D eigenvalue weighted by Crippen LogP contribution is 2.42. The van der Waals surface area contributed by atoms with E-state index >= 15 is 0 Å². The fraction of sp³-hybridized carbons (Fsp3) is 0.475. The number of anilines is 2. The Morgan fingerprint density at radius 3 is 2.43 bits per heavy atom. The van der Waals surface area contributed by atoms with E-state index in [9.17, 15) is 9.59 Å². The van der Waals surface area contributed by atoms with Crippen LogP contribution in [0.5, 0.6) is 11.5 Å². The lowest BCUT2D eigenvalue weighted by Gasteiger charge is -2.39. The van der Waals surface area contributed by atoms with Crippen LogP contribution in [-0.2, 0) is 22.4 Å². The second kappa shape index (κ2) is 15.0. The summed E-state index contributed by atoms with van der Waals surface area (Å²) in [7, 11) is 5.58. The van der Waals surface area contributed by atoms with Crippen LogP contribution in [0, 0.1) is 6.92 Å². The van der Waals surface area contributed by atoms with Crippen LogP contribution in [0.1, 0.15) is 74.2 Å². The van der Waals surface area contributed by atoms with E-state index in [0.29, 0.717) is 30.5 Å². The van der Waals surface area contributed by atoms with Gasteiger partial charge in [-0.2, -0.15) is 0 Å². The van der Waals surface area contributed by atoms with Gasteiger partial charge in [0.2, 0.25) is 11.8 Å². The molecule has 1 aliphatic carbocycles. The minimum absolute atomic E-state index is 0.0326. The SMILES string of the molecule is CC[C@@H](C)Oc1cc2c(cc1OC)CC(=O)N(c1ccc(N(C)C=C3CCC(N4CCN(C)C(=O)C4)CC3)nc1)[C@H]2Cc1ccc(C)cc1. The zero-order chi connectivity index (χ0) is 34.7. The molecular formula is C40H51N5O4. The second-order valence-electron chi connectivity index (χ2n) is 14.0. The molecule has 0 bridgehead atoms. The number of amides is 2. The number of aromatic nitrogens is 1. The molecule has 9 nitrogen and oxygen atoms in total. The number of hydrogen-bond donors (Lipinski definition) is 0. The minimum atomic E-state index is -0.234. The molecule has 0 radical (unpaired) electrons. The molecule has 3 aromatic rings. The fourth-order valence-corrected chi connectivity index (χ4v) is 7.29. The van der Waals surface area contributed by atoms with Crippen LogP contribution in [0.2, 0.25) is 0 Å². The molecule has 0 spiro atoms. The van der Waals surface area contributed by atoms with Gasteiger partial charge in [-0.15, -0.1) is 0 Å². The van der Waals surface area contributed by atoms with Crippen LogP contribution in [0.15, 0.2) is 66.5 Å². The van der Waals surface area contributed by atoms with Crippen molar-refractivity contribution in [2.75, 3.05) is 50.6 Å². The van der Waals surface area contributed by atoms with E-state index in [1.807, 2.05) is 48.3 Å². The number of benzene rings is 2. The van der Waals surface area contributed by atoms with E-state index in [-0.39, 0.29) is 30.4 Å². The molecule has 1 saturated heterocycles. The molecule has 2 aliphatic heterocycles. The van der Waals surface area contributed by atoms with Crippen molar-refractivity contribution in [3.05, 3.63) is 88.8 Å². The Kier molecular flexibility index (Phi) is 10.6. The molecule has 49 heavy (non-hydrogen) atoms. The van der Waals surface area contributed by atoms with Gasteiger partial charge in [0.1, 0.15) is 5.82 Å². The number of pyridine rings is 1. The predicted molar refractivity (Wildman–Crippen MR) is 194 cm³/mol. The number of likely N-dealkylation sites (N-methyl/N-ethyl adjacent to an activating group) is 1. The van der Waals surface area contributed by atoms with E-state index in [0.717, 1.165) is 73.4 Å². The Bertz CT molecular complexity index is 1660. The Hall–Kier alpha value is -4.37. The standard InChI is InChI=1S/C40H51N5O4/c1-7-28(3)49-37-23-34-31(21-36(37)48-6)22-39(46)45(35(34)20-29-10-8-27(2)9-11-29)33-16-17-38(41-24-33)43(5)25-30-12-14-32(15-13-30)44-19-18-42(4)40(47)26-44/h8-11,16-17,21,23-25,28,32,35H,7,12-15,18-20,22,26H2,1-6H3/t28-,32?,35+/m1/s1. The zero-order valence-corrected chi connectivity index (χ0v) is 29.9. The van der Waals surface area contributed by atoms with Crippen LogP contribution in [-0.4, -0.2) is 79.6 Å². The quantitative estimate of drug-likeness (QED) is 0.245. The van der Waals surface area contributed by atoms with Gasteiger partial charge in [0.25, 0.3) is 0 Å². The third-order valence-corrected chi connectivity index (χ3v) is 10.5. The van der Waals surface area contributed by atoms with Gasteiger partial charge in [0.15, 0.2) is 11.5 Å². The first-order valence-corrected chi connectivity index (χ1v) is 17.7. The number of ether oxygens (including phenoxy) is 2. The fourth-order valence-electron chi connectivity index (χ4n) is 7.29. The molecule has 3 aliphatic rings. The molecule has 2 aromatic carbocycles. The summed E-state index contributed by atoms with van der Waals surface area (Å²) in [6, 6.07) is 16.9. The number of nitrogens with zero attached hydrogens (tertiary/aromatic N) is 5. The van der Waals surface area contributed by atoms with Crippen molar-refractivity contribution in [1.82, 2.24) is 14.8 Å². The van der Waals surface area contributed by atoms with Gasteiger partial charge < -0.3 is 24.2 Å². The molecule has 2 atom stereocenters. The first-order chi connectivity index (χ1) is 23.6. The maximum Gasteiger partial charge on any atom is 0.236 e. The summed E-state index contributed by atoms with van der Waals surface area (Å²) in [6.45, 7) is 8.55.